The molecule has 0 radical (unpaired) electrons. The number of nitrogens with one attached hydrogen (secondary N) is 1. The fourth-order valence-corrected chi connectivity index (χ4v) is 1.09. The van der Waals surface area contributed by atoms with E-state index in [1.807, 2.05) is 13.0 Å². The molecule has 2 N–H and O–H groups in total. The normalized spacial score (nSPS) is 23.5. The Morgan fingerprint density at radius 1 is 1.82 bits per heavy atom. The van der Waals surface area contributed by atoms with Gasteiger partial charge in [0, 0.05) is 19.5 Å². The molecule has 1 rings (SSSR count). The highest BCUT2D eigenvalue weighted by molar-refractivity contribution is 5.18. The van der Waals surface area contributed by atoms with Gasteiger partial charge in [0.15, 0.2) is 0 Å². The third-order valence-corrected chi connectivity index (χ3v) is 1.63. The minimum Gasteiger partial charge on any atom is -0.388 e. The summed E-state index contributed by atoms with van der Waals surface area (Å²) in [5.41, 5.74) is 1.19. The van der Waals surface area contributed by atoms with Gasteiger partial charge in [-0.15, -0.1) is 5.92 Å². The lowest BCUT2D eigenvalue weighted by Crippen LogP contribution is -2.32. The minimum atomic E-state index is -0.322. The Labute approximate surface area is 67.3 Å². The third kappa shape index (κ3) is 2.75. The molecular weight excluding hydrogens is 138 g/mol. The fourth-order valence-electron chi connectivity index (χ4n) is 1.09. The molecule has 60 valence electrons. The van der Waals surface area contributed by atoms with E-state index in [0.29, 0.717) is 6.54 Å². The summed E-state index contributed by atoms with van der Waals surface area (Å²) in [6, 6.07) is 0. The van der Waals surface area contributed by atoms with Crippen LogP contribution in [0.25, 0.3) is 0 Å². The Bertz CT molecular complexity index is 209. The minimum absolute atomic E-state index is 0.322. The quantitative estimate of drug-likeness (QED) is 0.417. The number of hydrogen-bond acceptors (Lipinski definition) is 2. The maximum atomic E-state index is 9.19. The van der Waals surface area contributed by atoms with Crippen molar-refractivity contribution in [3.8, 4) is 11.8 Å². The molecule has 0 aromatic rings. The van der Waals surface area contributed by atoms with Crippen LogP contribution in [0.1, 0.15) is 13.3 Å². The van der Waals surface area contributed by atoms with Crippen LogP contribution in [0.5, 0.6) is 0 Å². The number of aliphatic hydroxyl groups excluding tert-OH is 1. The molecule has 0 saturated carbocycles. The van der Waals surface area contributed by atoms with Crippen molar-refractivity contribution < 1.29 is 5.11 Å². The van der Waals surface area contributed by atoms with Gasteiger partial charge in [-0.3, -0.25) is 0 Å². The maximum absolute atomic E-state index is 9.19. The molecule has 0 aromatic carbocycles. The van der Waals surface area contributed by atoms with E-state index in [1.54, 1.807) is 0 Å². The van der Waals surface area contributed by atoms with Gasteiger partial charge < -0.3 is 10.4 Å². The molecule has 1 aliphatic rings. The topological polar surface area (TPSA) is 32.3 Å². The van der Waals surface area contributed by atoms with Crippen LogP contribution in [-0.2, 0) is 0 Å². The summed E-state index contributed by atoms with van der Waals surface area (Å²) in [4.78, 5) is 0. The molecule has 1 heterocycles. The Hall–Kier alpha value is -0.780. The first-order chi connectivity index (χ1) is 5.33. The van der Waals surface area contributed by atoms with Crippen molar-refractivity contribution in [2.45, 2.75) is 19.4 Å². The van der Waals surface area contributed by atoms with E-state index in [1.165, 1.54) is 5.57 Å². The van der Waals surface area contributed by atoms with Crippen molar-refractivity contribution in [2.75, 3.05) is 13.1 Å². The molecule has 0 bridgehead atoms. The third-order valence-electron chi connectivity index (χ3n) is 1.63. The second kappa shape index (κ2) is 4.17. The highest BCUT2D eigenvalue weighted by Crippen LogP contribution is 2.04. The van der Waals surface area contributed by atoms with Crippen LogP contribution in [0.15, 0.2) is 11.6 Å². The van der Waals surface area contributed by atoms with Crippen molar-refractivity contribution in [2.24, 2.45) is 0 Å². The van der Waals surface area contributed by atoms with Crippen LogP contribution in [0, 0.1) is 11.8 Å². The summed E-state index contributed by atoms with van der Waals surface area (Å²) in [6.07, 6.45) is 2.35. The van der Waals surface area contributed by atoms with E-state index in [2.05, 4.69) is 17.2 Å². The summed E-state index contributed by atoms with van der Waals surface area (Å²) in [6.45, 7) is 3.36. The number of hydrogen-bond donors (Lipinski definition) is 2. The van der Waals surface area contributed by atoms with Crippen molar-refractivity contribution in [1.29, 1.82) is 0 Å². The Kier molecular flexibility index (Phi) is 3.15. The number of rotatable bonds is 1. The predicted octanol–water partition coefficient (Wildman–Crippen LogP) is 0.290. The van der Waals surface area contributed by atoms with Crippen LogP contribution >= 0.6 is 0 Å². The maximum Gasteiger partial charge on any atom is 0.0848 e. The SMILES string of the molecule is CC#CCC1=CC(O)CNC1. The van der Waals surface area contributed by atoms with Crippen molar-refractivity contribution in [3.63, 3.8) is 0 Å². The van der Waals surface area contributed by atoms with Crippen LogP contribution in [-0.4, -0.2) is 24.3 Å². The number of β-amino-alcohol motifs (C(OH)–C–C–N with tert-alkyl or cyclic N) is 1. The van der Waals surface area contributed by atoms with E-state index in [9.17, 15) is 5.11 Å². The smallest absolute Gasteiger partial charge is 0.0848 e. The standard InChI is InChI=1S/C9H13NO/c1-2-3-4-8-5-9(11)7-10-6-8/h5,9-11H,4,6-7H2,1H3. The molecule has 0 aliphatic carbocycles. The number of aliphatic hydroxyl groups is 1. The summed E-state index contributed by atoms with van der Waals surface area (Å²) in [7, 11) is 0. The molecule has 11 heavy (non-hydrogen) atoms. The predicted molar refractivity (Wildman–Crippen MR) is 45.0 cm³/mol. The fraction of sp³-hybridized carbons (Fsp3) is 0.556. The first-order valence-corrected chi connectivity index (χ1v) is 3.81. The Morgan fingerprint density at radius 2 is 2.64 bits per heavy atom. The monoisotopic (exact) mass is 151 g/mol. The van der Waals surface area contributed by atoms with Crippen LogP contribution in [0.2, 0.25) is 0 Å². The van der Waals surface area contributed by atoms with Gasteiger partial charge >= 0.3 is 0 Å². The van der Waals surface area contributed by atoms with E-state index >= 15 is 0 Å². The zero-order chi connectivity index (χ0) is 8.10. The molecule has 2 nitrogen and oxygen atoms in total. The molecule has 1 aliphatic heterocycles. The molecule has 0 aromatic heterocycles. The first-order valence-electron chi connectivity index (χ1n) is 3.81. The Balaban J connectivity index is 2.47. The van der Waals surface area contributed by atoms with Crippen molar-refractivity contribution in [1.82, 2.24) is 5.32 Å². The van der Waals surface area contributed by atoms with Gasteiger partial charge in [-0.25, -0.2) is 0 Å². The second-order valence-corrected chi connectivity index (χ2v) is 2.63. The Morgan fingerprint density at radius 3 is 3.27 bits per heavy atom. The second-order valence-electron chi connectivity index (χ2n) is 2.63. The van der Waals surface area contributed by atoms with E-state index < -0.39 is 0 Å². The molecule has 0 amide bonds. The van der Waals surface area contributed by atoms with Gasteiger partial charge in [0.2, 0.25) is 0 Å². The lowest BCUT2D eigenvalue weighted by molar-refractivity contribution is 0.213. The highest BCUT2D eigenvalue weighted by Gasteiger charge is 2.07. The zero-order valence-electron chi connectivity index (χ0n) is 6.72. The molecule has 1 unspecified atom stereocenters. The van der Waals surface area contributed by atoms with Gasteiger partial charge in [0.1, 0.15) is 0 Å². The first kappa shape index (κ1) is 8.32. The van der Waals surface area contributed by atoms with E-state index in [0.717, 1.165) is 13.0 Å². The van der Waals surface area contributed by atoms with Crippen LogP contribution < -0.4 is 5.32 Å². The lowest BCUT2D eigenvalue weighted by atomic mass is 10.1. The lowest BCUT2D eigenvalue weighted by Gasteiger charge is -2.16. The average Bonchev–Trinajstić information content (AvgIpc) is 2.01. The molecule has 0 spiro atoms. The van der Waals surface area contributed by atoms with Gasteiger partial charge in [0.05, 0.1) is 6.10 Å². The summed E-state index contributed by atoms with van der Waals surface area (Å²) in [5.74, 6) is 5.80. The summed E-state index contributed by atoms with van der Waals surface area (Å²) in [5, 5.41) is 12.3. The highest BCUT2D eigenvalue weighted by atomic mass is 16.3. The largest absolute Gasteiger partial charge is 0.388 e. The van der Waals surface area contributed by atoms with Gasteiger partial charge in [-0.1, -0.05) is 12.0 Å². The van der Waals surface area contributed by atoms with Gasteiger partial charge in [-0.05, 0) is 12.5 Å². The molecule has 0 saturated heterocycles. The van der Waals surface area contributed by atoms with Crippen LogP contribution in [0.3, 0.4) is 0 Å². The summed E-state index contributed by atoms with van der Waals surface area (Å²) < 4.78 is 0. The van der Waals surface area contributed by atoms with Crippen LogP contribution in [0.4, 0.5) is 0 Å². The molecule has 2 heteroatoms. The molecule has 1 atom stereocenters. The van der Waals surface area contributed by atoms with E-state index in [-0.39, 0.29) is 6.10 Å². The van der Waals surface area contributed by atoms with E-state index in [4.69, 9.17) is 0 Å². The van der Waals surface area contributed by atoms with Gasteiger partial charge in [-0.2, -0.15) is 0 Å². The van der Waals surface area contributed by atoms with Crippen molar-refractivity contribution in [3.05, 3.63) is 11.6 Å². The zero-order valence-corrected chi connectivity index (χ0v) is 6.72. The molecule has 0 fully saturated rings. The summed E-state index contributed by atoms with van der Waals surface area (Å²) >= 11 is 0. The van der Waals surface area contributed by atoms with Gasteiger partial charge in [0.25, 0.3) is 0 Å². The molecular formula is C9H13NO. The van der Waals surface area contributed by atoms with Crippen molar-refractivity contribution >= 4 is 0 Å². The average molecular weight is 151 g/mol.